The largest absolute Gasteiger partial charge is 0.363 e. The van der Waals surface area contributed by atoms with E-state index < -0.39 is 0 Å². The third-order valence-electron chi connectivity index (χ3n) is 3.89. The molecule has 1 aromatic heterocycles. The summed E-state index contributed by atoms with van der Waals surface area (Å²) in [4.78, 5) is 19.2. The van der Waals surface area contributed by atoms with Crippen molar-refractivity contribution in [2.24, 2.45) is 0 Å². The van der Waals surface area contributed by atoms with Crippen LogP contribution in [-0.2, 0) is 10.2 Å². The highest BCUT2D eigenvalue weighted by Crippen LogP contribution is 2.48. The van der Waals surface area contributed by atoms with Crippen molar-refractivity contribution < 1.29 is 4.79 Å². The van der Waals surface area contributed by atoms with Gasteiger partial charge in [0.1, 0.15) is 0 Å². The Bertz CT molecular complexity index is 440. The summed E-state index contributed by atoms with van der Waals surface area (Å²) in [6.07, 6.45) is 5.26. The first-order chi connectivity index (χ1) is 8.26. The zero-order valence-electron chi connectivity index (χ0n) is 10.2. The topological polar surface area (TPSA) is 36.1 Å². The fraction of sp³-hybridized carbons (Fsp3) is 0.615. The molecule has 3 heterocycles. The molecule has 17 heavy (non-hydrogen) atoms. The number of carbonyl (C=O) groups is 1. The molecule has 0 radical (unpaired) electrons. The number of hydrogen-bond donors (Lipinski definition) is 1. The zero-order valence-corrected chi connectivity index (χ0v) is 11.0. The summed E-state index contributed by atoms with van der Waals surface area (Å²) in [5, 5.41) is 0.347. The Hall–Kier alpha value is -0.740. The summed E-state index contributed by atoms with van der Waals surface area (Å²) >= 11 is 1.43. The number of carbonyl (C=O) groups excluding carboxylic acids is 1. The third kappa shape index (κ3) is 1.66. The predicted octanol–water partition coefficient (Wildman–Crippen LogP) is 2.39. The molecule has 1 spiro atoms. The Morgan fingerprint density at radius 1 is 1.59 bits per heavy atom. The molecule has 1 saturated heterocycles. The van der Waals surface area contributed by atoms with Gasteiger partial charge < -0.3 is 9.88 Å². The van der Waals surface area contributed by atoms with Gasteiger partial charge in [0.2, 0.25) is 5.12 Å². The van der Waals surface area contributed by atoms with Crippen LogP contribution < -0.4 is 0 Å². The Morgan fingerprint density at radius 2 is 2.47 bits per heavy atom. The van der Waals surface area contributed by atoms with Crippen LogP contribution in [0.3, 0.4) is 0 Å². The van der Waals surface area contributed by atoms with E-state index >= 15 is 0 Å². The lowest BCUT2D eigenvalue weighted by Gasteiger charge is -2.38. The quantitative estimate of drug-likeness (QED) is 0.875. The minimum absolute atomic E-state index is 0.239. The van der Waals surface area contributed by atoms with E-state index in [9.17, 15) is 4.79 Å². The summed E-state index contributed by atoms with van der Waals surface area (Å²) < 4.78 is 0. The van der Waals surface area contributed by atoms with Crippen molar-refractivity contribution >= 4 is 16.9 Å². The van der Waals surface area contributed by atoms with Gasteiger partial charge in [0.05, 0.1) is 5.41 Å². The highest BCUT2D eigenvalue weighted by Gasteiger charge is 2.50. The molecule has 1 aromatic rings. The van der Waals surface area contributed by atoms with E-state index in [0.717, 1.165) is 43.8 Å². The molecule has 2 aliphatic rings. The Labute approximate surface area is 106 Å². The lowest BCUT2D eigenvalue weighted by Crippen LogP contribution is -2.48. The van der Waals surface area contributed by atoms with Crippen molar-refractivity contribution in [2.75, 3.05) is 19.6 Å². The molecule has 0 aromatic carbocycles. The summed E-state index contributed by atoms with van der Waals surface area (Å²) in [5.41, 5.74) is 0.935. The molecule has 0 bridgehead atoms. The SMILES string of the molecule is CCCN1CCCC2(C1)C(=O)Sc1cc[nH]c12. The van der Waals surface area contributed by atoms with E-state index in [1.165, 1.54) is 17.5 Å². The minimum atomic E-state index is -0.239. The molecular weight excluding hydrogens is 232 g/mol. The van der Waals surface area contributed by atoms with E-state index in [1.54, 1.807) is 0 Å². The van der Waals surface area contributed by atoms with Crippen molar-refractivity contribution in [3.8, 4) is 0 Å². The highest BCUT2D eigenvalue weighted by atomic mass is 32.2. The van der Waals surface area contributed by atoms with E-state index in [0.29, 0.717) is 5.12 Å². The van der Waals surface area contributed by atoms with Crippen LogP contribution in [0.15, 0.2) is 17.2 Å². The average Bonchev–Trinajstić information content (AvgIpc) is 2.85. The van der Waals surface area contributed by atoms with Gasteiger partial charge in [0.25, 0.3) is 0 Å². The molecule has 0 aliphatic carbocycles. The molecule has 1 N–H and O–H groups in total. The van der Waals surface area contributed by atoms with Crippen molar-refractivity contribution in [3.05, 3.63) is 18.0 Å². The number of hydrogen-bond acceptors (Lipinski definition) is 3. The number of nitrogens with zero attached hydrogens (tertiary/aromatic N) is 1. The zero-order chi connectivity index (χ0) is 11.9. The number of likely N-dealkylation sites (tertiary alicyclic amines) is 1. The summed E-state index contributed by atoms with van der Waals surface area (Å²) in [6, 6.07) is 2.03. The number of H-pyrrole nitrogens is 1. The monoisotopic (exact) mass is 250 g/mol. The van der Waals surface area contributed by atoms with Crippen LogP contribution in [0.1, 0.15) is 31.9 Å². The fourth-order valence-corrected chi connectivity index (χ4v) is 4.29. The van der Waals surface area contributed by atoms with E-state index in [4.69, 9.17) is 0 Å². The van der Waals surface area contributed by atoms with Gasteiger partial charge in [-0.1, -0.05) is 6.92 Å². The van der Waals surface area contributed by atoms with Crippen LogP contribution in [0.2, 0.25) is 0 Å². The second-order valence-corrected chi connectivity index (χ2v) is 6.08. The molecule has 0 saturated carbocycles. The molecule has 0 amide bonds. The smallest absolute Gasteiger partial charge is 0.207 e. The molecular formula is C13H18N2OS. The standard InChI is InChI=1S/C13H18N2OS/c1-2-7-15-8-3-5-13(9-15)11-10(4-6-14-11)17-12(13)16/h4,6,14H,2-3,5,7-9H2,1H3. The van der Waals surface area contributed by atoms with Crippen LogP contribution in [0.4, 0.5) is 0 Å². The van der Waals surface area contributed by atoms with Crippen molar-refractivity contribution in [3.63, 3.8) is 0 Å². The second kappa shape index (κ2) is 4.18. The van der Waals surface area contributed by atoms with Gasteiger partial charge in [0.15, 0.2) is 0 Å². The minimum Gasteiger partial charge on any atom is -0.363 e. The molecule has 1 unspecified atom stereocenters. The molecule has 92 valence electrons. The van der Waals surface area contributed by atoms with Crippen LogP contribution in [0.5, 0.6) is 0 Å². The maximum atomic E-state index is 12.3. The van der Waals surface area contributed by atoms with E-state index in [1.807, 2.05) is 12.3 Å². The van der Waals surface area contributed by atoms with Crippen molar-refractivity contribution in [2.45, 2.75) is 36.5 Å². The van der Waals surface area contributed by atoms with E-state index in [2.05, 4.69) is 16.8 Å². The first kappa shape index (κ1) is 11.4. The van der Waals surface area contributed by atoms with Gasteiger partial charge in [-0.15, -0.1) is 0 Å². The second-order valence-electron chi connectivity index (χ2n) is 5.07. The maximum Gasteiger partial charge on any atom is 0.207 e. The number of rotatable bonds is 2. The van der Waals surface area contributed by atoms with Crippen LogP contribution in [0.25, 0.3) is 0 Å². The molecule has 1 atom stereocenters. The first-order valence-electron chi connectivity index (χ1n) is 6.39. The fourth-order valence-electron chi connectivity index (χ4n) is 3.14. The summed E-state index contributed by atoms with van der Waals surface area (Å²) in [5.74, 6) is 0. The highest BCUT2D eigenvalue weighted by molar-refractivity contribution is 8.14. The number of thioether (sulfide) groups is 1. The summed E-state index contributed by atoms with van der Waals surface area (Å²) in [7, 11) is 0. The maximum absolute atomic E-state index is 12.3. The molecule has 1 fully saturated rings. The molecule has 3 nitrogen and oxygen atoms in total. The van der Waals surface area contributed by atoms with Crippen molar-refractivity contribution in [1.29, 1.82) is 0 Å². The van der Waals surface area contributed by atoms with Gasteiger partial charge in [-0.25, -0.2) is 0 Å². The number of piperidine rings is 1. The lowest BCUT2D eigenvalue weighted by molar-refractivity contribution is -0.117. The number of aromatic nitrogens is 1. The average molecular weight is 250 g/mol. The van der Waals surface area contributed by atoms with Gasteiger partial charge in [-0.3, -0.25) is 4.79 Å². The summed E-state index contributed by atoms with van der Waals surface area (Å²) in [6.45, 7) is 5.35. The molecule has 3 rings (SSSR count). The molecule has 4 heteroatoms. The number of nitrogens with one attached hydrogen (secondary N) is 1. The number of fused-ring (bicyclic) bond motifs is 2. The predicted molar refractivity (Wildman–Crippen MR) is 69.3 cm³/mol. The van der Waals surface area contributed by atoms with Crippen LogP contribution >= 0.6 is 11.8 Å². The third-order valence-corrected chi connectivity index (χ3v) is 5.03. The lowest BCUT2D eigenvalue weighted by atomic mass is 9.78. The van der Waals surface area contributed by atoms with E-state index in [-0.39, 0.29) is 5.41 Å². The first-order valence-corrected chi connectivity index (χ1v) is 7.20. The Kier molecular flexibility index (Phi) is 2.79. The van der Waals surface area contributed by atoms with Gasteiger partial charge in [-0.05, 0) is 50.2 Å². The Morgan fingerprint density at radius 3 is 3.29 bits per heavy atom. The Balaban J connectivity index is 1.92. The van der Waals surface area contributed by atoms with Crippen LogP contribution in [0, 0.1) is 0 Å². The number of aromatic amines is 1. The van der Waals surface area contributed by atoms with Gasteiger partial charge >= 0.3 is 0 Å². The normalized spacial score (nSPS) is 28.9. The van der Waals surface area contributed by atoms with Crippen molar-refractivity contribution in [1.82, 2.24) is 9.88 Å². The molecule has 2 aliphatic heterocycles. The van der Waals surface area contributed by atoms with Gasteiger partial charge in [0, 0.05) is 23.3 Å². The van der Waals surface area contributed by atoms with Gasteiger partial charge in [-0.2, -0.15) is 0 Å². The van der Waals surface area contributed by atoms with Crippen LogP contribution in [-0.4, -0.2) is 34.6 Å².